The molecular weight excluding hydrogens is 166 g/mol. The minimum Gasteiger partial charge on any atom is -0.363 e. The molecule has 0 spiro atoms. The van der Waals surface area contributed by atoms with E-state index in [1.807, 2.05) is 30.3 Å². The first-order valence-electron chi connectivity index (χ1n) is 3.99. The Hall–Kier alpha value is -1.45. The van der Waals surface area contributed by atoms with Crippen molar-refractivity contribution in [2.45, 2.75) is 6.29 Å². The van der Waals surface area contributed by atoms with Gasteiger partial charge >= 0.3 is 0 Å². The van der Waals surface area contributed by atoms with Crippen LogP contribution in [-0.2, 0) is 0 Å². The average molecular weight is 175 g/mol. The lowest BCUT2D eigenvalue weighted by molar-refractivity contribution is -0.0456. The van der Waals surface area contributed by atoms with Gasteiger partial charge < -0.3 is 10.2 Å². The number of nitrogens with zero attached hydrogens (tertiary/aromatic N) is 1. The summed E-state index contributed by atoms with van der Waals surface area (Å²) in [6.45, 7) is 0. The second-order valence-electron chi connectivity index (χ2n) is 2.80. The lowest BCUT2D eigenvalue weighted by Gasteiger charge is -2.03. The molecule has 0 radical (unpaired) electrons. The molecule has 2 rings (SSSR count). The van der Waals surface area contributed by atoms with Crippen LogP contribution in [0.4, 0.5) is 0 Å². The topological polar surface area (TPSA) is 53.4 Å². The van der Waals surface area contributed by atoms with Crippen molar-refractivity contribution in [3.05, 3.63) is 42.1 Å². The van der Waals surface area contributed by atoms with Crippen molar-refractivity contribution in [3.8, 4) is 0 Å². The first-order valence-corrected chi connectivity index (χ1v) is 3.99. The van der Waals surface area contributed by atoms with E-state index in [2.05, 4.69) is 4.98 Å². The average Bonchev–Trinajstić information content (AvgIpc) is 2.17. The van der Waals surface area contributed by atoms with Crippen LogP contribution in [0.25, 0.3) is 10.9 Å². The summed E-state index contributed by atoms with van der Waals surface area (Å²) in [6, 6.07) is 11.0. The molecule has 1 heterocycles. The van der Waals surface area contributed by atoms with E-state index in [0.717, 1.165) is 10.9 Å². The molecular formula is C10H9NO2. The molecule has 0 atom stereocenters. The minimum atomic E-state index is -1.50. The number of pyridine rings is 1. The Kier molecular flexibility index (Phi) is 1.96. The Morgan fingerprint density at radius 1 is 1.00 bits per heavy atom. The summed E-state index contributed by atoms with van der Waals surface area (Å²) >= 11 is 0. The summed E-state index contributed by atoms with van der Waals surface area (Å²) in [4.78, 5) is 4.07. The first-order chi connectivity index (χ1) is 6.27. The lowest BCUT2D eigenvalue weighted by Crippen LogP contribution is -1.97. The van der Waals surface area contributed by atoms with Crippen molar-refractivity contribution in [3.63, 3.8) is 0 Å². The third-order valence-electron chi connectivity index (χ3n) is 1.88. The van der Waals surface area contributed by atoms with Gasteiger partial charge in [0, 0.05) is 5.39 Å². The smallest absolute Gasteiger partial charge is 0.196 e. The third-order valence-corrected chi connectivity index (χ3v) is 1.88. The molecule has 3 heteroatoms. The lowest BCUT2D eigenvalue weighted by atomic mass is 10.2. The molecule has 66 valence electrons. The number of hydrogen-bond acceptors (Lipinski definition) is 3. The van der Waals surface area contributed by atoms with E-state index in [1.54, 1.807) is 6.07 Å². The van der Waals surface area contributed by atoms with E-state index in [0.29, 0.717) is 0 Å². The molecule has 13 heavy (non-hydrogen) atoms. The fraction of sp³-hybridized carbons (Fsp3) is 0.100. The van der Waals surface area contributed by atoms with Gasteiger partial charge in [0.1, 0.15) is 0 Å². The fourth-order valence-electron chi connectivity index (χ4n) is 1.23. The summed E-state index contributed by atoms with van der Waals surface area (Å²) in [5.41, 5.74) is 1.05. The van der Waals surface area contributed by atoms with Crippen LogP contribution < -0.4 is 0 Å². The number of hydrogen-bond donors (Lipinski definition) is 2. The van der Waals surface area contributed by atoms with Crippen LogP contribution in [-0.4, -0.2) is 15.2 Å². The van der Waals surface area contributed by atoms with Crippen LogP contribution in [0.3, 0.4) is 0 Å². The van der Waals surface area contributed by atoms with Gasteiger partial charge in [-0.3, -0.25) is 0 Å². The highest BCUT2D eigenvalue weighted by Crippen LogP contribution is 2.14. The zero-order valence-corrected chi connectivity index (χ0v) is 6.88. The Labute approximate surface area is 75.3 Å². The summed E-state index contributed by atoms with van der Waals surface area (Å²) in [5.74, 6) is 0. The first kappa shape index (κ1) is 8.16. The molecule has 0 fully saturated rings. The van der Waals surface area contributed by atoms with E-state index in [1.165, 1.54) is 0 Å². The molecule has 0 saturated heterocycles. The fourth-order valence-corrected chi connectivity index (χ4v) is 1.23. The van der Waals surface area contributed by atoms with Crippen molar-refractivity contribution >= 4 is 10.9 Å². The predicted octanol–water partition coefficient (Wildman–Crippen LogP) is 1.22. The van der Waals surface area contributed by atoms with Crippen molar-refractivity contribution < 1.29 is 10.2 Å². The van der Waals surface area contributed by atoms with Gasteiger partial charge in [-0.25, -0.2) is 4.98 Å². The molecule has 0 aliphatic carbocycles. The number of para-hydroxylation sites is 1. The number of benzene rings is 1. The number of aliphatic hydroxyl groups is 2. The van der Waals surface area contributed by atoms with Gasteiger partial charge in [-0.2, -0.15) is 0 Å². The summed E-state index contributed by atoms with van der Waals surface area (Å²) in [7, 11) is 0. The highest BCUT2D eigenvalue weighted by molar-refractivity contribution is 5.78. The second-order valence-corrected chi connectivity index (χ2v) is 2.80. The van der Waals surface area contributed by atoms with Crippen LogP contribution in [0, 0.1) is 0 Å². The van der Waals surface area contributed by atoms with Crippen LogP contribution in [0.15, 0.2) is 36.4 Å². The standard InChI is InChI=1S/C10H9NO2/c12-10(13)9-6-5-7-3-1-2-4-8(7)11-9/h1-6,10,12-13H. The monoisotopic (exact) mass is 175 g/mol. The summed E-state index contributed by atoms with van der Waals surface area (Å²) in [5, 5.41) is 18.7. The predicted molar refractivity (Wildman–Crippen MR) is 48.9 cm³/mol. The van der Waals surface area contributed by atoms with Gasteiger partial charge in [0.25, 0.3) is 0 Å². The van der Waals surface area contributed by atoms with Crippen LogP contribution in [0.1, 0.15) is 12.0 Å². The Bertz CT molecular complexity index is 426. The minimum absolute atomic E-state index is 0.277. The normalized spacial score (nSPS) is 11.0. The highest BCUT2D eigenvalue weighted by atomic mass is 16.5. The number of aliphatic hydroxyl groups excluding tert-OH is 1. The number of fused-ring (bicyclic) bond motifs is 1. The van der Waals surface area contributed by atoms with Gasteiger partial charge in [0.05, 0.1) is 11.2 Å². The second kappa shape index (κ2) is 3.12. The third kappa shape index (κ3) is 1.52. The van der Waals surface area contributed by atoms with E-state index < -0.39 is 6.29 Å². The zero-order valence-electron chi connectivity index (χ0n) is 6.88. The van der Waals surface area contributed by atoms with Gasteiger partial charge in [-0.1, -0.05) is 24.3 Å². The molecule has 0 amide bonds. The van der Waals surface area contributed by atoms with Gasteiger partial charge in [-0.15, -0.1) is 0 Å². The maximum atomic E-state index is 8.88. The van der Waals surface area contributed by atoms with Crippen molar-refractivity contribution in [1.29, 1.82) is 0 Å². The van der Waals surface area contributed by atoms with Crippen molar-refractivity contribution in [2.24, 2.45) is 0 Å². The largest absolute Gasteiger partial charge is 0.363 e. The SMILES string of the molecule is OC(O)c1ccc2ccccc2n1. The van der Waals surface area contributed by atoms with Crippen molar-refractivity contribution in [1.82, 2.24) is 4.98 Å². The van der Waals surface area contributed by atoms with Gasteiger partial charge in [-0.05, 0) is 12.1 Å². The van der Waals surface area contributed by atoms with E-state index in [4.69, 9.17) is 10.2 Å². The maximum Gasteiger partial charge on any atom is 0.196 e. The van der Waals surface area contributed by atoms with Crippen LogP contribution in [0.5, 0.6) is 0 Å². The zero-order chi connectivity index (χ0) is 9.26. The number of aromatic nitrogens is 1. The molecule has 0 saturated carbocycles. The molecule has 3 nitrogen and oxygen atoms in total. The Morgan fingerprint density at radius 3 is 2.54 bits per heavy atom. The molecule has 1 aromatic carbocycles. The molecule has 0 unspecified atom stereocenters. The van der Waals surface area contributed by atoms with Crippen molar-refractivity contribution in [2.75, 3.05) is 0 Å². The van der Waals surface area contributed by atoms with E-state index >= 15 is 0 Å². The maximum absolute atomic E-state index is 8.88. The molecule has 2 N–H and O–H groups in total. The Morgan fingerprint density at radius 2 is 1.77 bits per heavy atom. The molecule has 2 aromatic rings. The molecule has 0 aliphatic heterocycles. The number of rotatable bonds is 1. The summed E-state index contributed by atoms with van der Waals surface area (Å²) in [6.07, 6.45) is -1.50. The van der Waals surface area contributed by atoms with Gasteiger partial charge in [0.2, 0.25) is 0 Å². The highest BCUT2D eigenvalue weighted by Gasteiger charge is 2.03. The molecule has 0 bridgehead atoms. The van der Waals surface area contributed by atoms with Gasteiger partial charge in [0.15, 0.2) is 6.29 Å². The van der Waals surface area contributed by atoms with Crippen LogP contribution in [0.2, 0.25) is 0 Å². The molecule has 0 aliphatic rings. The van der Waals surface area contributed by atoms with Crippen LogP contribution >= 0.6 is 0 Å². The summed E-state index contributed by atoms with van der Waals surface area (Å²) < 4.78 is 0. The molecule has 1 aromatic heterocycles. The quantitative estimate of drug-likeness (QED) is 0.641. The van der Waals surface area contributed by atoms with E-state index in [-0.39, 0.29) is 5.69 Å². The van der Waals surface area contributed by atoms with E-state index in [9.17, 15) is 0 Å². The Balaban J connectivity index is 2.62.